The summed E-state index contributed by atoms with van der Waals surface area (Å²) >= 11 is 0. The van der Waals surface area contributed by atoms with Crippen LogP contribution >= 0.6 is 0 Å². The van der Waals surface area contributed by atoms with Gasteiger partial charge in [0.15, 0.2) is 0 Å². The van der Waals surface area contributed by atoms with Crippen LogP contribution < -0.4 is 5.32 Å². The molecule has 0 aromatic heterocycles. The maximum atomic E-state index is 11.7. The van der Waals surface area contributed by atoms with E-state index in [1.807, 2.05) is 0 Å². The van der Waals surface area contributed by atoms with E-state index in [1.54, 1.807) is 0 Å². The average molecular weight is 267 g/mol. The van der Waals surface area contributed by atoms with Gasteiger partial charge in [-0.15, -0.1) is 0 Å². The Kier molecular flexibility index (Phi) is 4.41. The molecule has 1 unspecified atom stereocenters. The lowest BCUT2D eigenvalue weighted by Gasteiger charge is -2.21. The molecule has 0 aliphatic carbocycles. The second-order valence-electron chi connectivity index (χ2n) is 3.86. The number of nitro benzene ring substituents is 1. The largest absolute Gasteiger partial charge is 0.480 e. The molecule has 0 spiro atoms. The summed E-state index contributed by atoms with van der Waals surface area (Å²) in [6, 6.07) is 3.73. The van der Waals surface area contributed by atoms with Crippen molar-refractivity contribution in [2.75, 3.05) is 12.4 Å². The molecule has 19 heavy (non-hydrogen) atoms. The molecule has 8 nitrogen and oxygen atoms in total. The van der Waals surface area contributed by atoms with E-state index in [0.29, 0.717) is 0 Å². The molecule has 0 aliphatic heterocycles. The average Bonchev–Trinajstić information content (AvgIpc) is 2.37. The summed E-state index contributed by atoms with van der Waals surface area (Å²) in [5.41, 5.74) is 0.0652. The van der Waals surface area contributed by atoms with E-state index in [0.717, 1.165) is 4.90 Å². The Balaban J connectivity index is 2.79. The number of benzene rings is 1. The van der Waals surface area contributed by atoms with Crippen molar-refractivity contribution >= 4 is 23.4 Å². The van der Waals surface area contributed by atoms with Crippen LogP contribution in [0.25, 0.3) is 0 Å². The van der Waals surface area contributed by atoms with Crippen molar-refractivity contribution in [1.29, 1.82) is 0 Å². The van der Waals surface area contributed by atoms with Gasteiger partial charge in [0.1, 0.15) is 6.04 Å². The minimum atomic E-state index is -1.14. The van der Waals surface area contributed by atoms with Crippen LogP contribution in [0, 0.1) is 10.1 Å². The Morgan fingerprint density at radius 2 is 2.11 bits per heavy atom. The minimum Gasteiger partial charge on any atom is -0.480 e. The Morgan fingerprint density at radius 3 is 2.63 bits per heavy atom. The predicted molar refractivity (Wildman–Crippen MR) is 67.0 cm³/mol. The number of urea groups is 1. The van der Waals surface area contributed by atoms with E-state index in [9.17, 15) is 19.7 Å². The van der Waals surface area contributed by atoms with Gasteiger partial charge in [0, 0.05) is 24.9 Å². The van der Waals surface area contributed by atoms with Crippen LogP contribution in [0.3, 0.4) is 0 Å². The molecule has 1 aromatic rings. The molecule has 0 aliphatic rings. The van der Waals surface area contributed by atoms with Crippen molar-refractivity contribution in [3.05, 3.63) is 34.4 Å². The van der Waals surface area contributed by atoms with Gasteiger partial charge in [-0.3, -0.25) is 10.1 Å². The van der Waals surface area contributed by atoms with Crippen LogP contribution in [-0.4, -0.2) is 40.0 Å². The number of carboxylic acids is 1. The van der Waals surface area contributed by atoms with Crippen LogP contribution in [0.5, 0.6) is 0 Å². The number of rotatable bonds is 4. The molecule has 2 amide bonds. The third kappa shape index (κ3) is 3.66. The van der Waals surface area contributed by atoms with E-state index < -0.39 is 23.0 Å². The highest BCUT2D eigenvalue weighted by Crippen LogP contribution is 2.17. The van der Waals surface area contributed by atoms with Crippen molar-refractivity contribution in [3.63, 3.8) is 0 Å². The lowest BCUT2D eigenvalue weighted by Crippen LogP contribution is -2.42. The Labute approximate surface area is 108 Å². The van der Waals surface area contributed by atoms with Crippen LogP contribution in [0.1, 0.15) is 6.92 Å². The quantitative estimate of drug-likeness (QED) is 0.634. The first-order chi connectivity index (χ1) is 8.82. The van der Waals surface area contributed by atoms with Gasteiger partial charge in [0.2, 0.25) is 0 Å². The second kappa shape index (κ2) is 5.80. The Morgan fingerprint density at radius 1 is 1.47 bits per heavy atom. The predicted octanol–water partition coefficient (Wildman–Crippen LogP) is 1.53. The van der Waals surface area contributed by atoms with Crippen molar-refractivity contribution in [3.8, 4) is 0 Å². The molecule has 0 saturated carbocycles. The van der Waals surface area contributed by atoms with Gasteiger partial charge in [0.25, 0.3) is 5.69 Å². The zero-order valence-corrected chi connectivity index (χ0v) is 10.4. The fraction of sp³-hybridized carbons (Fsp3) is 0.273. The van der Waals surface area contributed by atoms with E-state index >= 15 is 0 Å². The normalized spacial score (nSPS) is 11.5. The van der Waals surface area contributed by atoms with Gasteiger partial charge in [0.05, 0.1) is 4.92 Å². The van der Waals surface area contributed by atoms with E-state index in [1.165, 1.54) is 38.2 Å². The summed E-state index contributed by atoms with van der Waals surface area (Å²) in [7, 11) is 1.32. The smallest absolute Gasteiger partial charge is 0.326 e. The number of anilines is 1. The van der Waals surface area contributed by atoms with Crippen LogP contribution in [0.4, 0.5) is 16.2 Å². The van der Waals surface area contributed by atoms with Crippen molar-refractivity contribution < 1.29 is 19.6 Å². The zero-order chi connectivity index (χ0) is 14.6. The number of carbonyl (C=O) groups excluding carboxylic acids is 1. The molecule has 8 heteroatoms. The highest BCUT2D eigenvalue weighted by Gasteiger charge is 2.21. The van der Waals surface area contributed by atoms with Gasteiger partial charge in [-0.25, -0.2) is 9.59 Å². The highest BCUT2D eigenvalue weighted by molar-refractivity contribution is 5.92. The summed E-state index contributed by atoms with van der Waals surface area (Å²) in [6.07, 6.45) is 0. The summed E-state index contributed by atoms with van der Waals surface area (Å²) in [6.45, 7) is 1.36. The fourth-order valence-electron chi connectivity index (χ4n) is 1.25. The fourth-order valence-corrected chi connectivity index (χ4v) is 1.25. The van der Waals surface area contributed by atoms with E-state index in [4.69, 9.17) is 5.11 Å². The van der Waals surface area contributed by atoms with E-state index in [-0.39, 0.29) is 11.4 Å². The minimum absolute atomic E-state index is 0.160. The molecule has 0 fully saturated rings. The van der Waals surface area contributed by atoms with Crippen molar-refractivity contribution in [1.82, 2.24) is 4.90 Å². The summed E-state index contributed by atoms with van der Waals surface area (Å²) in [4.78, 5) is 33.4. The number of nitro groups is 1. The molecular formula is C11H13N3O5. The SMILES string of the molecule is CC(C(=O)O)N(C)C(=O)Nc1cccc([N+](=O)[O-])c1. The molecular weight excluding hydrogens is 254 g/mol. The zero-order valence-electron chi connectivity index (χ0n) is 10.4. The van der Waals surface area contributed by atoms with Gasteiger partial charge in [-0.1, -0.05) is 6.07 Å². The van der Waals surface area contributed by atoms with Crippen molar-refractivity contribution in [2.45, 2.75) is 13.0 Å². The summed E-state index contributed by atoms with van der Waals surface area (Å²) in [5.74, 6) is -1.14. The molecule has 0 heterocycles. The molecule has 2 N–H and O–H groups in total. The summed E-state index contributed by atoms with van der Waals surface area (Å²) in [5, 5.41) is 21.7. The van der Waals surface area contributed by atoms with Gasteiger partial charge in [-0.05, 0) is 13.0 Å². The highest BCUT2D eigenvalue weighted by atomic mass is 16.6. The third-order valence-electron chi connectivity index (χ3n) is 2.57. The number of carboxylic acid groups (broad SMARTS) is 1. The number of non-ortho nitro benzene ring substituents is 1. The van der Waals surface area contributed by atoms with Gasteiger partial charge >= 0.3 is 12.0 Å². The van der Waals surface area contributed by atoms with Crippen LogP contribution in [-0.2, 0) is 4.79 Å². The standard InChI is InChI=1S/C11H13N3O5/c1-7(10(15)16)13(2)11(17)12-8-4-3-5-9(6-8)14(18)19/h3-7H,1-2H3,(H,12,17)(H,15,16). The third-order valence-corrected chi connectivity index (χ3v) is 2.57. The van der Waals surface area contributed by atoms with Crippen LogP contribution in [0.15, 0.2) is 24.3 Å². The first-order valence-corrected chi connectivity index (χ1v) is 5.34. The Hall–Kier alpha value is -2.64. The topological polar surface area (TPSA) is 113 Å². The maximum absolute atomic E-state index is 11.7. The molecule has 0 bridgehead atoms. The lowest BCUT2D eigenvalue weighted by atomic mass is 10.3. The van der Waals surface area contributed by atoms with Gasteiger partial charge < -0.3 is 15.3 Å². The first-order valence-electron chi connectivity index (χ1n) is 5.34. The van der Waals surface area contributed by atoms with Crippen molar-refractivity contribution in [2.24, 2.45) is 0 Å². The maximum Gasteiger partial charge on any atom is 0.326 e. The summed E-state index contributed by atoms with van der Waals surface area (Å²) < 4.78 is 0. The van der Waals surface area contributed by atoms with E-state index in [2.05, 4.69) is 5.32 Å². The molecule has 1 aromatic carbocycles. The number of nitrogens with one attached hydrogen (secondary N) is 1. The second-order valence-corrected chi connectivity index (χ2v) is 3.86. The number of amides is 2. The van der Waals surface area contributed by atoms with Gasteiger partial charge in [-0.2, -0.15) is 0 Å². The Bertz CT molecular complexity index is 517. The number of nitrogens with zero attached hydrogens (tertiary/aromatic N) is 2. The molecule has 0 saturated heterocycles. The van der Waals surface area contributed by atoms with Crippen LogP contribution in [0.2, 0.25) is 0 Å². The molecule has 102 valence electrons. The number of likely N-dealkylation sites (N-methyl/N-ethyl adjacent to an activating group) is 1. The lowest BCUT2D eigenvalue weighted by molar-refractivity contribution is -0.384. The number of hydrogen-bond donors (Lipinski definition) is 2. The monoisotopic (exact) mass is 267 g/mol. The number of aliphatic carboxylic acids is 1. The molecule has 1 atom stereocenters. The number of carbonyl (C=O) groups is 2. The molecule has 1 rings (SSSR count). The molecule has 0 radical (unpaired) electrons. The number of hydrogen-bond acceptors (Lipinski definition) is 4. The first kappa shape index (κ1) is 14.4.